The van der Waals surface area contributed by atoms with Gasteiger partial charge >= 0.3 is 0 Å². The van der Waals surface area contributed by atoms with Gasteiger partial charge in [0.1, 0.15) is 5.75 Å². The molecule has 0 aromatic heterocycles. The minimum absolute atomic E-state index is 0.0955. The molecule has 0 fully saturated rings. The summed E-state index contributed by atoms with van der Waals surface area (Å²) < 4.78 is 0. The molecule has 17 heavy (non-hydrogen) atoms. The lowest BCUT2D eigenvalue weighted by molar-refractivity contribution is 0.101. The molecule has 0 saturated heterocycles. The van der Waals surface area contributed by atoms with E-state index in [9.17, 15) is 14.7 Å². The fourth-order valence-electron chi connectivity index (χ4n) is 1.81. The number of hydrogen-bond acceptors (Lipinski definition) is 4. The molecule has 0 spiro atoms. The number of nitrogen functional groups attached to an aromatic ring is 1. The number of aromatic hydroxyl groups is 1. The number of rotatable bonds is 4. The van der Waals surface area contributed by atoms with Crippen LogP contribution in [0.1, 0.15) is 53.5 Å². The maximum Gasteiger partial charge on any atom is 0.163 e. The summed E-state index contributed by atoms with van der Waals surface area (Å²) in [7, 11) is 0. The first-order valence-electron chi connectivity index (χ1n) is 5.56. The van der Waals surface area contributed by atoms with Crippen LogP contribution in [-0.4, -0.2) is 16.7 Å². The van der Waals surface area contributed by atoms with Crippen LogP contribution in [0.15, 0.2) is 6.07 Å². The molecule has 1 rings (SSSR count). The average Bonchev–Trinajstić information content (AvgIpc) is 2.23. The highest BCUT2D eigenvalue weighted by Crippen LogP contribution is 2.33. The van der Waals surface area contributed by atoms with Crippen LogP contribution in [-0.2, 0) is 6.42 Å². The predicted molar refractivity (Wildman–Crippen MR) is 66.5 cm³/mol. The van der Waals surface area contributed by atoms with Gasteiger partial charge in [-0.1, -0.05) is 13.3 Å². The molecule has 0 aliphatic carbocycles. The Morgan fingerprint density at radius 1 is 1.24 bits per heavy atom. The molecule has 0 amide bonds. The Kier molecular flexibility index (Phi) is 3.89. The second-order valence-corrected chi connectivity index (χ2v) is 4.07. The first-order valence-corrected chi connectivity index (χ1v) is 5.56. The summed E-state index contributed by atoms with van der Waals surface area (Å²) in [5, 5.41) is 9.97. The van der Waals surface area contributed by atoms with Gasteiger partial charge in [0.25, 0.3) is 0 Å². The second kappa shape index (κ2) is 4.99. The molecule has 0 heterocycles. The van der Waals surface area contributed by atoms with Crippen molar-refractivity contribution in [1.29, 1.82) is 0 Å². The largest absolute Gasteiger partial charge is 0.507 e. The van der Waals surface area contributed by atoms with E-state index in [4.69, 9.17) is 5.73 Å². The van der Waals surface area contributed by atoms with Gasteiger partial charge in [0.05, 0.1) is 5.56 Å². The first kappa shape index (κ1) is 13.2. The zero-order valence-corrected chi connectivity index (χ0v) is 10.3. The monoisotopic (exact) mass is 235 g/mol. The number of carbonyl (C=O) groups is 2. The zero-order chi connectivity index (χ0) is 13.2. The third-order valence-corrected chi connectivity index (χ3v) is 2.70. The van der Waals surface area contributed by atoms with Crippen LogP contribution in [0.5, 0.6) is 5.75 Å². The van der Waals surface area contributed by atoms with Crippen molar-refractivity contribution >= 4 is 17.3 Å². The van der Waals surface area contributed by atoms with Crippen LogP contribution in [0, 0.1) is 0 Å². The third kappa shape index (κ3) is 2.46. The van der Waals surface area contributed by atoms with E-state index < -0.39 is 0 Å². The lowest BCUT2D eigenvalue weighted by Gasteiger charge is -2.13. The van der Waals surface area contributed by atoms with Gasteiger partial charge in [-0.25, -0.2) is 0 Å². The quantitative estimate of drug-likeness (QED) is 0.620. The van der Waals surface area contributed by atoms with Crippen molar-refractivity contribution in [1.82, 2.24) is 0 Å². The fraction of sp³-hybridized carbons (Fsp3) is 0.385. The molecule has 1 aromatic carbocycles. The molecule has 0 atom stereocenters. The molecule has 92 valence electrons. The van der Waals surface area contributed by atoms with E-state index in [2.05, 4.69) is 0 Å². The number of phenols is 1. The minimum Gasteiger partial charge on any atom is -0.507 e. The number of Topliss-reactive ketones (excluding diaryl/α,β-unsaturated/α-hetero) is 2. The summed E-state index contributed by atoms with van der Waals surface area (Å²) in [6, 6.07) is 1.37. The number of benzene rings is 1. The van der Waals surface area contributed by atoms with E-state index in [1.807, 2.05) is 6.92 Å². The standard InChI is InChI=1S/C13H17NO3/c1-4-5-9-12(14)10(7(2)15)6-11(8(3)16)13(9)17/h6,17H,4-5,14H2,1-3H3. The number of hydrogen-bond donors (Lipinski definition) is 2. The zero-order valence-electron chi connectivity index (χ0n) is 10.3. The molecular weight excluding hydrogens is 218 g/mol. The van der Waals surface area contributed by atoms with E-state index in [-0.39, 0.29) is 28.6 Å². The Labute approximate surface area is 100 Å². The summed E-state index contributed by atoms with van der Waals surface area (Å²) in [5.41, 5.74) is 7.08. The van der Waals surface area contributed by atoms with Crippen LogP contribution in [0.3, 0.4) is 0 Å². The summed E-state index contributed by atoms with van der Waals surface area (Å²) in [6.45, 7) is 4.68. The van der Waals surface area contributed by atoms with Crippen molar-refractivity contribution in [3.8, 4) is 5.75 Å². The van der Waals surface area contributed by atoms with Crippen molar-refractivity contribution in [3.63, 3.8) is 0 Å². The molecule has 4 heteroatoms. The Bertz CT molecular complexity index is 440. The molecule has 4 nitrogen and oxygen atoms in total. The average molecular weight is 235 g/mol. The topological polar surface area (TPSA) is 80.4 Å². The van der Waals surface area contributed by atoms with Crippen molar-refractivity contribution in [2.75, 3.05) is 5.73 Å². The smallest absolute Gasteiger partial charge is 0.163 e. The predicted octanol–water partition coefficient (Wildman–Crippen LogP) is 2.33. The molecule has 3 N–H and O–H groups in total. The molecule has 0 radical (unpaired) electrons. The fourth-order valence-corrected chi connectivity index (χ4v) is 1.81. The Morgan fingerprint density at radius 3 is 2.18 bits per heavy atom. The highest BCUT2D eigenvalue weighted by Gasteiger charge is 2.19. The van der Waals surface area contributed by atoms with Crippen LogP contribution in [0.4, 0.5) is 5.69 Å². The molecule has 0 unspecified atom stereocenters. The number of phenolic OH excluding ortho intramolecular Hbond substituents is 1. The van der Waals surface area contributed by atoms with Gasteiger partial charge in [0.2, 0.25) is 0 Å². The van der Waals surface area contributed by atoms with Crippen LogP contribution >= 0.6 is 0 Å². The molecule has 0 aliphatic heterocycles. The van der Waals surface area contributed by atoms with E-state index in [0.29, 0.717) is 17.5 Å². The highest BCUT2D eigenvalue weighted by molar-refractivity contribution is 6.05. The van der Waals surface area contributed by atoms with Crippen LogP contribution in [0.25, 0.3) is 0 Å². The minimum atomic E-state index is -0.276. The summed E-state index contributed by atoms with van der Waals surface area (Å²) in [6.07, 6.45) is 1.32. The van der Waals surface area contributed by atoms with E-state index in [0.717, 1.165) is 6.42 Å². The third-order valence-electron chi connectivity index (χ3n) is 2.70. The van der Waals surface area contributed by atoms with E-state index in [1.165, 1.54) is 19.9 Å². The molecule has 1 aromatic rings. The lowest BCUT2D eigenvalue weighted by atomic mass is 9.95. The van der Waals surface area contributed by atoms with Crippen molar-refractivity contribution in [2.24, 2.45) is 0 Å². The summed E-state index contributed by atoms with van der Waals surface area (Å²) in [5.74, 6) is -0.577. The number of nitrogens with two attached hydrogens (primary N) is 1. The summed E-state index contributed by atoms with van der Waals surface area (Å²) >= 11 is 0. The maximum atomic E-state index is 11.4. The number of ketones is 2. The van der Waals surface area contributed by atoms with Gasteiger partial charge in [0.15, 0.2) is 11.6 Å². The van der Waals surface area contributed by atoms with Crippen molar-refractivity contribution in [3.05, 3.63) is 22.8 Å². The van der Waals surface area contributed by atoms with Gasteiger partial charge in [-0.2, -0.15) is 0 Å². The number of anilines is 1. The Hall–Kier alpha value is -1.84. The van der Waals surface area contributed by atoms with Gasteiger partial charge in [-0.15, -0.1) is 0 Å². The SMILES string of the molecule is CCCc1c(N)c(C(C)=O)cc(C(C)=O)c1O. The number of carbonyl (C=O) groups excluding carboxylic acids is 2. The maximum absolute atomic E-state index is 11.4. The van der Waals surface area contributed by atoms with Crippen LogP contribution < -0.4 is 5.73 Å². The van der Waals surface area contributed by atoms with Gasteiger partial charge in [-0.05, 0) is 26.3 Å². The molecular formula is C13H17NO3. The Balaban J connectivity index is 3.57. The highest BCUT2D eigenvalue weighted by atomic mass is 16.3. The Morgan fingerprint density at radius 2 is 1.76 bits per heavy atom. The first-order chi connectivity index (χ1) is 7.90. The van der Waals surface area contributed by atoms with E-state index >= 15 is 0 Å². The van der Waals surface area contributed by atoms with Crippen molar-refractivity contribution in [2.45, 2.75) is 33.6 Å². The van der Waals surface area contributed by atoms with E-state index in [1.54, 1.807) is 0 Å². The molecule has 0 bridgehead atoms. The molecule has 0 saturated carbocycles. The van der Waals surface area contributed by atoms with Gasteiger partial charge in [0, 0.05) is 16.8 Å². The van der Waals surface area contributed by atoms with Gasteiger partial charge < -0.3 is 10.8 Å². The van der Waals surface area contributed by atoms with Gasteiger partial charge in [-0.3, -0.25) is 9.59 Å². The van der Waals surface area contributed by atoms with Crippen LogP contribution in [0.2, 0.25) is 0 Å². The normalized spacial score (nSPS) is 10.3. The van der Waals surface area contributed by atoms with Crippen molar-refractivity contribution < 1.29 is 14.7 Å². The molecule has 0 aliphatic rings. The second-order valence-electron chi connectivity index (χ2n) is 4.07. The lowest BCUT2D eigenvalue weighted by Crippen LogP contribution is -2.08. The summed E-state index contributed by atoms with van der Waals surface area (Å²) in [4.78, 5) is 22.8.